The second-order valence-electron chi connectivity index (χ2n) is 6.71. The molecule has 1 aromatic carbocycles. The normalized spacial score (nSPS) is 18.0. The van der Waals surface area contributed by atoms with E-state index in [0.717, 1.165) is 44.0 Å². The van der Waals surface area contributed by atoms with E-state index < -0.39 is 0 Å². The van der Waals surface area contributed by atoms with Gasteiger partial charge in [-0.15, -0.1) is 0 Å². The Bertz CT molecular complexity index is 722. The first-order valence-electron chi connectivity index (χ1n) is 8.76. The van der Waals surface area contributed by atoms with Gasteiger partial charge in [0.05, 0.1) is 6.04 Å². The van der Waals surface area contributed by atoms with Crippen LogP contribution < -0.4 is 0 Å². The SMILES string of the molecule is Cc1nc(C)n([C@H]2CCCN(C(=O)CCc3ccccc3C)C2)n1. The minimum atomic E-state index is 0.248. The molecule has 2 heterocycles. The zero-order valence-corrected chi connectivity index (χ0v) is 14.8. The Labute approximate surface area is 143 Å². The number of carbonyl (C=O) groups is 1. The van der Waals surface area contributed by atoms with Gasteiger partial charge in [-0.05, 0) is 51.2 Å². The Morgan fingerprint density at radius 1 is 1.25 bits per heavy atom. The summed E-state index contributed by atoms with van der Waals surface area (Å²) in [6.07, 6.45) is 3.48. The molecule has 5 heteroatoms. The van der Waals surface area contributed by atoms with Gasteiger partial charge in [0.25, 0.3) is 0 Å². The molecule has 5 nitrogen and oxygen atoms in total. The van der Waals surface area contributed by atoms with Crippen molar-refractivity contribution in [1.82, 2.24) is 19.7 Å². The minimum Gasteiger partial charge on any atom is -0.341 e. The second-order valence-corrected chi connectivity index (χ2v) is 6.71. The van der Waals surface area contributed by atoms with E-state index in [9.17, 15) is 4.79 Å². The van der Waals surface area contributed by atoms with E-state index in [1.807, 2.05) is 35.6 Å². The number of aromatic nitrogens is 3. The Morgan fingerprint density at radius 2 is 2.04 bits per heavy atom. The first-order valence-corrected chi connectivity index (χ1v) is 8.76. The highest BCUT2D eigenvalue weighted by Crippen LogP contribution is 2.23. The van der Waals surface area contributed by atoms with Crippen LogP contribution in [0.1, 0.15) is 48.1 Å². The first kappa shape index (κ1) is 16.7. The summed E-state index contributed by atoms with van der Waals surface area (Å²) < 4.78 is 2.00. The van der Waals surface area contributed by atoms with Gasteiger partial charge in [0.1, 0.15) is 11.6 Å². The van der Waals surface area contributed by atoms with E-state index in [4.69, 9.17) is 0 Å². The lowest BCUT2D eigenvalue weighted by molar-refractivity contribution is -0.132. The van der Waals surface area contributed by atoms with Crippen molar-refractivity contribution in [1.29, 1.82) is 0 Å². The second kappa shape index (κ2) is 7.16. The van der Waals surface area contributed by atoms with Gasteiger partial charge in [-0.25, -0.2) is 9.67 Å². The molecule has 1 amide bonds. The average molecular weight is 326 g/mol. The molecule has 2 aromatic rings. The van der Waals surface area contributed by atoms with E-state index in [-0.39, 0.29) is 11.9 Å². The van der Waals surface area contributed by atoms with Gasteiger partial charge in [-0.2, -0.15) is 5.10 Å². The Kier molecular flexibility index (Phi) is 4.97. The van der Waals surface area contributed by atoms with Crippen LogP contribution in [0.3, 0.4) is 0 Å². The van der Waals surface area contributed by atoms with Gasteiger partial charge in [-0.1, -0.05) is 24.3 Å². The van der Waals surface area contributed by atoms with Crippen LogP contribution in [0.25, 0.3) is 0 Å². The van der Waals surface area contributed by atoms with Crippen molar-refractivity contribution in [2.45, 2.75) is 52.5 Å². The van der Waals surface area contributed by atoms with Gasteiger partial charge in [0, 0.05) is 19.5 Å². The van der Waals surface area contributed by atoms with E-state index in [2.05, 4.69) is 29.1 Å². The quantitative estimate of drug-likeness (QED) is 0.868. The maximum atomic E-state index is 12.6. The number of hydrogen-bond donors (Lipinski definition) is 0. The van der Waals surface area contributed by atoms with Crippen LogP contribution in [0, 0.1) is 20.8 Å². The third-order valence-corrected chi connectivity index (χ3v) is 4.87. The van der Waals surface area contributed by atoms with Crippen LogP contribution in [-0.2, 0) is 11.2 Å². The third kappa shape index (κ3) is 3.66. The van der Waals surface area contributed by atoms with Crippen LogP contribution in [0.2, 0.25) is 0 Å². The predicted molar refractivity (Wildman–Crippen MR) is 93.8 cm³/mol. The molecular formula is C19H26N4O. The molecule has 3 rings (SSSR count). The fourth-order valence-electron chi connectivity index (χ4n) is 3.55. The van der Waals surface area contributed by atoms with Gasteiger partial charge in [-0.3, -0.25) is 4.79 Å². The first-order chi connectivity index (χ1) is 11.5. The van der Waals surface area contributed by atoms with Crippen LogP contribution in [0.4, 0.5) is 0 Å². The summed E-state index contributed by atoms with van der Waals surface area (Å²) in [4.78, 5) is 19.0. The maximum absolute atomic E-state index is 12.6. The molecule has 0 N–H and O–H groups in total. The molecule has 1 aliphatic heterocycles. The maximum Gasteiger partial charge on any atom is 0.222 e. The summed E-state index contributed by atoms with van der Waals surface area (Å²) >= 11 is 0. The number of carbonyl (C=O) groups excluding carboxylic acids is 1. The molecule has 128 valence electrons. The lowest BCUT2D eigenvalue weighted by atomic mass is 10.0. The third-order valence-electron chi connectivity index (χ3n) is 4.87. The summed E-state index contributed by atoms with van der Waals surface area (Å²) in [5.74, 6) is 1.99. The van der Waals surface area contributed by atoms with Crippen LogP contribution in [0.5, 0.6) is 0 Å². The molecule has 1 saturated heterocycles. The van der Waals surface area contributed by atoms with Crippen molar-refractivity contribution in [3.8, 4) is 0 Å². The van der Waals surface area contributed by atoms with Crippen LogP contribution >= 0.6 is 0 Å². The molecule has 0 unspecified atom stereocenters. The zero-order valence-electron chi connectivity index (χ0n) is 14.8. The molecule has 1 aliphatic rings. The molecule has 1 aromatic heterocycles. The summed E-state index contributed by atoms with van der Waals surface area (Å²) in [5.41, 5.74) is 2.53. The lowest BCUT2D eigenvalue weighted by Gasteiger charge is -2.33. The predicted octanol–water partition coefficient (Wildman–Crippen LogP) is 3.00. The molecule has 0 bridgehead atoms. The lowest BCUT2D eigenvalue weighted by Crippen LogP contribution is -2.41. The molecular weight excluding hydrogens is 300 g/mol. The largest absolute Gasteiger partial charge is 0.341 e. The van der Waals surface area contributed by atoms with Crippen molar-refractivity contribution < 1.29 is 4.79 Å². The van der Waals surface area contributed by atoms with Crippen molar-refractivity contribution >= 4 is 5.91 Å². The van der Waals surface area contributed by atoms with Gasteiger partial charge in [0.2, 0.25) is 5.91 Å². The number of benzene rings is 1. The molecule has 0 radical (unpaired) electrons. The van der Waals surface area contributed by atoms with Gasteiger partial charge in [0.15, 0.2) is 0 Å². The van der Waals surface area contributed by atoms with Gasteiger partial charge < -0.3 is 4.90 Å². The fraction of sp³-hybridized carbons (Fsp3) is 0.526. The van der Waals surface area contributed by atoms with E-state index in [1.165, 1.54) is 11.1 Å². The van der Waals surface area contributed by atoms with Gasteiger partial charge >= 0.3 is 0 Å². The smallest absolute Gasteiger partial charge is 0.222 e. The van der Waals surface area contributed by atoms with Crippen LogP contribution in [0.15, 0.2) is 24.3 Å². The number of nitrogens with zero attached hydrogens (tertiary/aromatic N) is 4. The number of hydrogen-bond acceptors (Lipinski definition) is 3. The molecule has 0 spiro atoms. The monoisotopic (exact) mass is 326 g/mol. The standard InChI is InChI=1S/C19H26N4O/c1-14-7-4-5-8-17(14)10-11-19(24)22-12-6-9-18(13-22)23-16(3)20-15(2)21-23/h4-5,7-8,18H,6,9-13H2,1-3H3/t18-/m0/s1. The Hall–Kier alpha value is -2.17. The summed E-state index contributed by atoms with van der Waals surface area (Å²) in [6, 6.07) is 8.55. The van der Waals surface area contributed by atoms with E-state index >= 15 is 0 Å². The van der Waals surface area contributed by atoms with E-state index in [0.29, 0.717) is 6.42 Å². The molecule has 1 fully saturated rings. The summed E-state index contributed by atoms with van der Waals surface area (Å²) in [6.45, 7) is 7.61. The fourth-order valence-corrected chi connectivity index (χ4v) is 3.55. The number of rotatable bonds is 4. The number of piperidine rings is 1. The molecule has 1 atom stereocenters. The van der Waals surface area contributed by atoms with E-state index in [1.54, 1.807) is 0 Å². The highest BCUT2D eigenvalue weighted by Gasteiger charge is 2.26. The summed E-state index contributed by atoms with van der Waals surface area (Å²) in [7, 11) is 0. The number of amides is 1. The Balaban J connectivity index is 1.61. The van der Waals surface area contributed by atoms with Crippen molar-refractivity contribution in [3.05, 3.63) is 47.0 Å². The molecule has 0 saturated carbocycles. The topological polar surface area (TPSA) is 51.0 Å². The number of aryl methyl sites for hydroxylation is 4. The number of likely N-dealkylation sites (tertiary alicyclic amines) is 1. The minimum absolute atomic E-state index is 0.248. The Morgan fingerprint density at radius 3 is 2.75 bits per heavy atom. The highest BCUT2D eigenvalue weighted by atomic mass is 16.2. The van der Waals surface area contributed by atoms with Crippen molar-refractivity contribution in [2.75, 3.05) is 13.1 Å². The van der Waals surface area contributed by atoms with Crippen LogP contribution in [-0.4, -0.2) is 38.7 Å². The summed E-state index contributed by atoms with van der Waals surface area (Å²) in [5, 5.41) is 4.50. The molecule has 0 aliphatic carbocycles. The van der Waals surface area contributed by atoms with Crippen molar-refractivity contribution in [3.63, 3.8) is 0 Å². The zero-order chi connectivity index (χ0) is 17.1. The highest BCUT2D eigenvalue weighted by molar-refractivity contribution is 5.76. The average Bonchev–Trinajstić information content (AvgIpc) is 2.92. The van der Waals surface area contributed by atoms with Crippen molar-refractivity contribution in [2.24, 2.45) is 0 Å². The molecule has 24 heavy (non-hydrogen) atoms.